The van der Waals surface area contributed by atoms with Crippen molar-refractivity contribution in [3.63, 3.8) is 0 Å². The van der Waals surface area contributed by atoms with E-state index >= 15 is 0 Å². The van der Waals surface area contributed by atoms with Gasteiger partial charge in [0.05, 0.1) is 6.04 Å². The maximum absolute atomic E-state index is 4.06. The third kappa shape index (κ3) is 1.58. The first kappa shape index (κ1) is 9.07. The molecule has 0 radical (unpaired) electrons. The van der Waals surface area contributed by atoms with Crippen LogP contribution < -0.4 is 5.32 Å². The van der Waals surface area contributed by atoms with Crippen LogP contribution in [0.4, 0.5) is 0 Å². The zero-order valence-electron chi connectivity index (χ0n) is 8.31. The molecule has 3 heteroatoms. The predicted molar refractivity (Wildman–Crippen MR) is 62.1 cm³/mol. The molecule has 3 rings (SSSR count). The molecular weight excluding hydrogens is 204 g/mol. The van der Waals surface area contributed by atoms with Gasteiger partial charge in [-0.1, -0.05) is 0 Å². The van der Waals surface area contributed by atoms with Gasteiger partial charge in [-0.3, -0.25) is 4.98 Å². The Labute approximate surface area is 93.0 Å². The van der Waals surface area contributed by atoms with Crippen LogP contribution in [0.25, 0.3) is 0 Å². The average Bonchev–Trinajstić information content (AvgIpc) is 2.78. The van der Waals surface area contributed by atoms with Crippen LogP contribution in [0.1, 0.15) is 22.0 Å². The lowest BCUT2D eigenvalue weighted by molar-refractivity contribution is 0.574. The number of nitrogens with one attached hydrogen (secondary N) is 1. The fourth-order valence-corrected chi connectivity index (χ4v) is 3.03. The summed E-state index contributed by atoms with van der Waals surface area (Å²) in [4.78, 5) is 5.58. The van der Waals surface area contributed by atoms with Gasteiger partial charge in [0, 0.05) is 23.8 Å². The van der Waals surface area contributed by atoms with E-state index in [1.54, 1.807) is 0 Å². The van der Waals surface area contributed by atoms with E-state index < -0.39 is 0 Å². The number of rotatable bonds is 1. The molecule has 0 saturated carbocycles. The minimum Gasteiger partial charge on any atom is -0.306 e. The fraction of sp³-hybridized carbons (Fsp3) is 0.250. The van der Waals surface area contributed by atoms with E-state index in [9.17, 15) is 0 Å². The van der Waals surface area contributed by atoms with E-state index in [-0.39, 0.29) is 0 Å². The van der Waals surface area contributed by atoms with Gasteiger partial charge in [-0.05, 0) is 41.1 Å². The molecular formula is C12H12N2S. The maximum Gasteiger partial charge on any atom is 0.0588 e. The molecule has 1 aliphatic heterocycles. The summed E-state index contributed by atoms with van der Waals surface area (Å²) >= 11 is 1.87. The summed E-state index contributed by atoms with van der Waals surface area (Å²) in [6.45, 7) is 1.07. The molecule has 2 nitrogen and oxygen atoms in total. The Morgan fingerprint density at radius 3 is 3.00 bits per heavy atom. The number of aromatic nitrogens is 1. The molecule has 1 aliphatic rings. The topological polar surface area (TPSA) is 24.9 Å². The normalized spacial score (nSPS) is 19.9. The van der Waals surface area contributed by atoms with Crippen LogP contribution in [-0.2, 0) is 6.42 Å². The second-order valence-electron chi connectivity index (χ2n) is 3.72. The Morgan fingerprint density at radius 1 is 1.27 bits per heavy atom. The number of fused-ring (bicyclic) bond motifs is 1. The molecule has 0 aromatic carbocycles. The summed E-state index contributed by atoms with van der Waals surface area (Å²) in [5.41, 5.74) is 2.75. The lowest BCUT2D eigenvalue weighted by Crippen LogP contribution is -2.29. The summed E-state index contributed by atoms with van der Waals surface area (Å²) in [5, 5.41) is 5.74. The van der Waals surface area contributed by atoms with Crippen molar-refractivity contribution in [1.29, 1.82) is 0 Å². The van der Waals surface area contributed by atoms with E-state index in [0.717, 1.165) is 13.0 Å². The number of nitrogens with zero attached hydrogens (tertiary/aromatic N) is 1. The highest BCUT2D eigenvalue weighted by molar-refractivity contribution is 7.10. The highest BCUT2D eigenvalue weighted by atomic mass is 32.1. The first-order chi connectivity index (χ1) is 7.45. The standard InChI is InChI=1S/C12H12N2S/c1-5-13-6-2-9(1)12-10-4-8-15-11(10)3-7-14-12/h1-2,4-6,8,12,14H,3,7H2. The summed E-state index contributed by atoms with van der Waals surface area (Å²) < 4.78 is 0. The van der Waals surface area contributed by atoms with E-state index in [0.29, 0.717) is 6.04 Å². The molecule has 1 unspecified atom stereocenters. The largest absolute Gasteiger partial charge is 0.306 e. The summed E-state index contributed by atoms with van der Waals surface area (Å²) in [5.74, 6) is 0. The molecule has 0 aliphatic carbocycles. The minimum atomic E-state index is 0.364. The van der Waals surface area contributed by atoms with Gasteiger partial charge in [0.1, 0.15) is 0 Å². The van der Waals surface area contributed by atoms with Gasteiger partial charge in [-0.15, -0.1) is 11.3 Å². The summed E-state index contributed by atoms with van der Waals surface area (Å²) in [7, 11) is 0. The predicted octanol–water partition coefficient (Wildman–Crippen LogP) is 2.38. The molecule has 1 N–H and O–H groups in total. The third-order valence-corrected chi connectivity index (χ3v) is 3.83. The van der Waals surface area contributed by atoms with Crippen LogP contribution in [-0.4, -0.2) is 11.5 Å². The monoisotopic (exact) mass is 216 g/mol. The second kappa shape index (κ2) is 3.76. The van der Waals surface area contributed by atoms with Crippen molar-refractivity contribution in [2.45, 2.75) is 12.5 Å². The van der Waals surface area contributed by atoms with E-state index in [4.69, 9.17) is 0 Å². The molecule has 2 aromatic rings. The van der Waals surface area contributed by atoms with Crippen molar-refractivity contribution >= 4 is 11.3 Å². The zero-order valence-corrected chi connectivity index (χ0v) is 9.13. The van der Waals surface area contributed by atoms with Crippen LogP contribution in [0.3, 0.4) is 0 Å². The van der Waals surface area contributed by atoms with Crippen molar-refractivity contribution in [2.24, 2.45) is 0 Å². The molecule has 0 spiro atoms. The SMILES string of the molecule is c1cc(C2NCCc3sccc32)ccn1. The fourth-order valence-electron chi connectivity index (χ4n) is 2.10. The summed E-state index contributed by atoms with van der Waals surface area (Å²) in [6, 6.07) is 6.77. The first-order valence-corrected chi connectivity index (χ1v) is 6.03. The van der Waals surface area contributed by atoms with Gasteiger partial charge in [0.25, 0.3) is 0 Å². The highest BCUT2D eigenvalue weighted by Gasteiger charge is 2.21. The van der Waals surface area contributed by atoms with Gasteiger partial charge in [0.15, 0.2) is 0 Å². The first-order valence-electron chi connectivity index (χ1n) is 5.15. The molecule has 0 fully saturated rings. The Balaban J connectivity index is 2.03. The molecule has 0 amide bonds. The minimum absolute atomic E-state index is 0.364. The molecule has 15 heavy (non-hydrogen) atoms. The Kier molecular flexibility index (Phi) is 2.27. The van der Waals surface area contributed by atoms with E-state index in [1.807, 2.05) is 23.7 Å². The van der Waals surface area contributed by atoms with Gasteiger partial charge >= 0.3 is 0 Å². The number of hydrogen-bond donors (Lipinski definition) is 1. The smallest absolute Gasteiger partial charge is 0.0588 e. The third-order valence-electron chi connectivity index (χ3n) is 2.83. The molecule has 0 saturated heterocycles. The van der Waals surface area contributed by atoms with Gasteiger partial charge in [-0.25, -0.2) is 0 Å². The van der Waals surface area contributed by atoms with Gasteiger partial charge in [-0.2, -0.15) is 0 Å². The van der Waals surface area contributed by atoms with Crippen molar-refractivity contribution in [3.8, 4) is 0 Å². The van der Waals surface area contributed by atoms with Crippen molar-refractivity contribution in [2.75, 3.05) is 6.54 Å². The quantitative estimate of drug-likeness (QED) is 0.791. The average molecular weight is 216 g/mol. The molecule has 1 atom stereocenters. The van der Waals surface area contributed by atoms with Crippen molar-refractivity contribution in [1.82, 2.24) is 10.3 Å². The van der Waals surface area contributed by atoms with Gasteiger partial charge in [0.2, 0.25) is 0 Å². The van der Waals surface area contributed by atoms with Crippen LogP contribution in [0.15, 0.2) is 36.0 Å². The molecule has 76 valence electrons. The van der Waals surface area contributed by atoms with Crippen molar-refractivity contribution in [3.05, 3.63) is 52.0 Å². The Hall–Kier alpha value is -1.19. The number of pyridine rings is 1. The number of hydrogen-bond acceptors (Lipinski definition) is 3. The van der Waals surface area contributed by atoms with Crippen LogP contribution in [0, 0.1) is 0 Å². The summed E-state index contributed by atoms with van der Waals surface area (Å²) in [6.07, 6.45) is 4.88. The van der Waals surface area contributed by atoms with E-state index in [1.165, 1.54) is 16.0 Å². The zero-order chi connectivity index (χ0) is 10.1. The molecule has 3 heterocycles. The highest BCUT2D eigenvalue weighted by Crippen LogP contribution is 2.31. The van der Waals surface area contributed by atoms with Crippen LogP contribution in [0.5, 0.6) is 0 Å². The molecule has 0 bridgehead atoms. The lowest BCUT2D eigenvalue weighted by atomic mass is 9.96. The second-order valence-corrected chi connectivity index (χ2v) is 4.72. The Morgan fingerprint density at radius 2 is 2.13 bits per heavy atom. The van der Waals surface area contributed by atoms with Crippen LogP contribution in [0.2, 0.25) is 0 Å². The lowest BCUT2D eigenvalue weighted by Gasteiger charge is -2.24. The molecule has 2 aromatic heterocycles. The number of thiophene rings is 1. The van der Waals surface area contributed by atoms with E-state index in [2.05, 4.69) is 33.9 Å². The van der Waals surface area contributed by atoms with Crippen molar-refractivity contribution < 1.29 is 0 Å². The van der Waals surface area contributed by atoms with Gasteiger partial charge < -0.3 is 5.32 Å². The Bertz CT molecular complexity index is 450. The maximum atomic E-state index is 4.06. The van der Waals surface area contributed by atoms with Crippen LogP contribution >= 0.6 is 11.3 Å².